The van der Waals surface area contributed by atoms with Gasteiger partial charge < -0.3 is 10.1 Å². The van der Waals surface area contributed by atoms with Crippen LogP contribution in [0, 0.1) is 0 Å². The molecule has 2 heteroatoms. The fourth-order valence-electron chi connectivity index (χ4n) is 2.41. The van der Waals surface area contributed by atoms with Gasteiger partial charge in [-0.3, -0.25) is 0 Å². The standard InChI is InChI=1S/C16H25NO/c1-13(2)15-7-5-14(6-8-15)11-17-16(3)9-4-10-18-12-16/h5-8,13,17H,4,9-12H2,1-3H3. The summed E-state index contributed by atoms with van der Waals surface area (Å²) >= 11 is 0. The molecule has 2 rings (SSSR count). The van der Waals surface area contributed by atoms with Gasteiger partial charge in [-0.05, 0) is 36.8 Å². The molecular formula is C16H25NO. The Balaban J connectivity index is 1.89. The SMILES string of the molecule is CC(C)c1ccc(CNC2(C)CCCOC2)cc1. The molecule has 1 saturated heterocycles. The Hall–Kier alpha value is -0.860. The van der Waals surface area contributed by atoms with Crippen molar-refractivity contribution in [3.05, 3.63) is 35.4 Å². The minimum Gasteiger partial charge on any atom is -0.380 e. The highest BCUT2D eigenvalue weighted by molar-refractivity contribution is 5.24. The Labute approximate surface area is 111 Å². The molecule has 1 N–H and O–H groups in total. The van der Waals surface area contributed by atoms with Gasteiger partial charge in [-0.15, -0.1) is 0 Å². The fourth-order valence-corrected chi connectivity index (χ4v) is 2.41. The number of hydrogen-bond donors (Lipinski definition) is 1. The largest absolute Gasteiger partial charge is 0.380 e. The maximum Gasteiger partial charge on any atom is 0.0645 e. The van der Waals surface area contributed by atoms with Crippen LogP contribution >= 0.6 is 0 Å². The van der Waals surface area contributed by atoms with Crippen LogP contribution in [0.15, 0.2) is 24.3 Å². The fraction of sp³-hybridized carbons (Fsp3) is 0.625. The summed E-state index contributed by atoms with van der Waals surface area (Å²) in [4.78, 5) is 0. The molecule has 0 aliphatic carbocycles. The van der Waals surface area contributed by atoms with E-state index in [0.717, 1.165) is 26.2 Å². The summed E-state index contributed by atoms with van der Waals surface area (Å²) in [5, 5.41) is 3.64. The minimum absolute atomic E-state index is 0.148. The van der Waals surface area contributed by atoms with E-state index in [9.17, 15) is 0 Å². The maximum atomic E-state index is 5.56. The quantitative estimate of drug-likeness (QED) is 0.879. The van der Waals surface area contributed by atoms with Crippen LogP contribution in [-0.2, 0) is 11.3 Å². The zero-order valence-corrected chi connectivity index (χ0v) is 11.8. The predicted octanol–water partition coefficient (Wildman–Crippen LogP) is 3.47. The molecule has 1 aromatic rings. The highest BCUT2D eigenvalue weighted by Gasteiger charge is 2.26. The van der Waals surface area contributed by atoms with Crippen molar-refractivity contribution in [3.63, 3.8) is 0 Å². The lowest BCUT2D eigenvalue weighted by atomic mass is 9.94. The van der Waals surface area contributed by atoms with Gasteiger partial charge in [0, 0.05) is 18.7 Å². The van der Waals surface area contributed by atoms with Crippen LogP contribution in [0.4, 0.5) is 0 Å². The molecule has 1 atom stereocenters. The Morgan fingerprint density at radius 2 is 2.00 bits per heavy atom. The maximum absolute atomic E-state index is 5.56. The molecule has 0 aromatic heterocycles. The summed E-state index contributed by atoms with van der Waals surface area (Å²) in [6.45, 7) is 9.39. The van der Waals surface area contributed by atoms with Gasteiger partial charge in [-0.2, -0.15) is 0 Å². The van der Waals surface area contributed by atoms with Crippen LogP contribution in [0.1, 0.15) is 50.7 Å². The minimum atomic E-state index is 0.148. The van der Waals surface area contributed by atoms with Gasteiger partial charge in [0.25, 0.3) is 0 Å². The van der Waals surface area contributed by atoms with Crippen molar-refractivity contribution in [2.24, 2.45) is 0 Å². The monoisotopic (exact) mass is 247 g/mol. The predicted molar refractivity (Wildman–Crippen MR) is 75.8 cm³/mol. The third-order valence-corrected chi connectivity index (χ3v) is 3.80. The van der Waals surface area contributed by atoms with Crippen LogP contribution < -0.4 is 5.32 Å². The van der Waals surface area contributed by atoms with Crippen molar-refractivity contribution in [2.45, 2.75) is 51.6 Å². The first-order valence-corrected chi connectivity index (χ1v) is 7.01. The number of nitrogens with one attached hydrogen (secondary N) is 1. The first kappa shape index (κ1) is 13.6. The molecule has 1 aromatic carbocycles. The molecule has 1 aliphatic rings. The summed E-state index contributed by atoms with van der Waals surface area (Å²) in [5.41, 5.74) is 2.91. The van der Waals surface area contributed by atoms with Gasteiger partial charge in [0.2, 0.25) is 0 Å². The van der Waals surface area contributed by atoms with E-state index >= 15 is 0 Å². The van der Waals surface area contributed by atoms with Gasteiger partial charge in [-0.25, -0.2) is 0 Å². The molecule has 0 saturated carbocycles. The Morgan fingerprint density at radius 3 is 2.56 bits per heavy atom. The second-order valence-electron chi connectivity index (χ2n) is 5.97. The molecule has 18 heavy (non-hydrogen) atoms. The molecule has 0 spiro atoms. The number of benzene rings is 1. The summed E-state index contributed by atoms with van der Waals surface area (Å²) in [5.74, 6) is 0.608. The Kier molecular flexibility index (Phi) is 4.41. The normalized spacial score (nSPS) is 24.4. The highest BCUT2D eigenvalue weighted by atomic mass is 16.5. The van der Waals surface area contributed by atoms with Crippen LogP contribution in [0.25, 0.3) is 0 Å². The van der Waals surface area contributed by atoms with Crippen LogP contribution in [0.2, 0.25) is 0 Å². The second kappa shape index (κ2) is 5.85. The van der Waals surface area contributed by atoms with E-state index in [1.54, 1.807) is 0 Å². The summed E-state index contributed by atoms with van der Waals surface area (Å²) in [6.07, 6.45) is 2.37. The molecule has 1 aliphatic heterocycles. The van der Waals surface area contributed by atoms with Gasteiger partial charge in [-0.1, -0.05) is 38.1 Å². The van der Waals surface area contributed by atoms with Crippen molar-refractivity contribution in [3.8, 4) is 0 Å². The summed E-state index contributed by atoms with van der Waals surface area (Å²) < 4.78 is 5.56. The molecule has 2 nitrogen and oxygen atoms in total. The molecule has 100 valence electrons. The molecule has 0 bridgehead atoms. The second-order valence-corrected chi connectivity index (χ2v) is 5.97. The Morgan fingerprint density at radius 1 is 1.28 bits per heavy atom. The smallest absolute Gasteiger partial charge is 0.0645 e. The van der Waals surface area contributed by atoms with E-state index in [0.29, 0.717) is 5.92 Å². The van der Waals surface area contributed by atoms with Crippen molar-refractivity contribution < 1.29 is 4.74 Å². The molecule has 0 amide bonds. The molecule has 1 fully saturated rings. The molecule has 0 radical (unpaired) electrons. The van der Waals surface area contributed by atoms with Crippen molar-refractivity contribution in [1.29, 1.82) is 0 Å². The van der Waals surface area contributed by atoms with Crippen LogP contribution in [-0.4, -0.2) is 18.8 Å². The van der Waals surface area contributed by atoms with E-state index in [1.165, 1.54) is 17.5 Å². The lowest BCUT2D eigenvalue weighted by Gasteiger charge is -2.34. The lowest BCUT2D eigenvalue weighted by molar-refractivity contribution is 0.0278. The average Bonchev–Trinajstić information content (AvgIpc) is 2.38. The van der Waals surface area contributed by atoms with Gasteiger partial charge in [0.1, 0.15) is 0 Å². The van der Waals surface area contributed by atoms with E-state index in [-0.39, 0.29) is 5.54 Å². The van der Waals surface area contributed by atoms with Crippen LogP contribution in [0.3, 0.4) is 0 Å². The summed E-state index contributed by atoms with van der Waals surface area (Å²) in [7, 11) is 0. The number of hydrogen-bond acceptors (Lipinski definition) is 2. The highest BCUT2D eigenvalue weighted by Crippen LogP contribution is 2.19. The van der Waals surface area contributed by atoms with E-state index < -0.39 is 0 Å². The lowest BCUT2D eigenvalue weighted by Crippen LogP contribution is -2.48. The number of rotatable bonds is 4. The van der Waals surface area contributed by atoms with E-state index in [2.05, 4.69) is 50.4 Å². The average molecular weight is 247 g/mol. The number of ether oxygens (including phenoxy) is 1. The Bertz CT molecular complexity index is 363. The van der Waals surface area contributed by atoms with Gasteiger partial charge in [0.15, 0.2) is 0 Å². The van der Waals surface area contributed by atoms with Crippen molar-refractivity contribution >= 4 is 0 Å². The zero-order chi connectivity index (χ0) is 13.0. The molecular weight excluding hydrogens is 222 g/mol. The zero-order valence-electron chi connectivity index (χ0n) is 11.8. The third kappa shape index (κ3) is 3.56. The van der Waals surface area contributed by atoms with E-state index in [4.69, 9.17) is 4.74 Å². The van der Waals surface area contributed by atoms with Crippen LogP contribution in [0.5, 0.6) is 0 Å². The first-order valence-electron chi connectivity index (χ1n) is 7.01. The first-order chi connectivity index (χ1) is 8.59. The molecule has 1 unspecified atom stereocenters. The topological polar surface area (TPSA) is 21.3 Å². The van der Waals surface area contributed by atoms with Gasteiger partial charge >= 0.3 is 0 Å². The van der Waals surface area contributed by atoms with E-state index in [1.807, 2.05) is 0 Å². The molecule has 1 heterocycles. The third-order valence-electron chi connectivity index (χ3n) is 3.80. The van der Waals surface area contributed by atoms with Crippen molar-refractivity contribution in [2.75, 3.05) is 13.2 Å². The van der Waals surface area contributed by atoms with Gasteiger partial charge in [0.05, 0.1) is 6.61 Å². The van der Waals surface area contributed by atoms with Crippen molar-refractivity contribution in [1.82, 2.24) is 5.32 Å². The summed E-state index contributed by atoms with van der Waals surface area (Å²) in [6, 6.07) is 8.94.